The maximum atomic E-state index is 12.4. The molecule has 0 atom stereocenters. The summed E-state index contributed by atoms with van der Waals surface area (Å²) in [7, 11) is 6.81. The first-order valence-electron chi connectivity index (χ1n) is 6.09. The normalized spacial score (nSPS) is 10.8. The minimum Gasteiger partial charge on any atom is -0.344 e. The van der Waals surface area contributed by atoms with E-state index in [4.69, 9.17) is 0 Å². The van der Waals surface area contributed by atoms with Gasteiger partial charge in [0.15, 0.2) is 0 Å². The molecular formula is C14H14Br2N2O2S. The monoisotopic (exact) mass is 432 g/mol. The number of thiophene rings is 1. The van der Waals surface area contributed by atoms with E-state index < -0.39 is 0 Å². The van der Waals surface area contributed by atoms with Crippen molar-refractivity contribution in [3.63, 3.8) is 0 Å². The molecule has 0 N–H and O–H groups in total. The third kappa shape index (κ3) is 2.86. The Hall–Kier alpha value is -0.920. The topological polar surface area (TPSA) is 40.6 Å². The molecule has 1 aromatic carbocycles. The van der Waals surface area contributed by atoms with Crippen LogP contribution in [0.15, 0.2) is 21.1 Å². The number of nitrogens with zero attached hydrogens (tertiary/aromatic N) is 2. The smallest absolute Gasteiger partial charge is 0.264 e. The molecule has 112 valence electrons. The maximum Gasteiger partial charge on any atom is 0.264 e. The molecule has 2 rings (SSSR count). The van der Waals surface area contributed by atoms with Crippen molar-refractivity contribution in [2.75, 3.05) is 28.2 Å². The van der Waals surface area contributed by atoms with Crippen LogP contribution in [0.4, 0.5) is 0 Å². The van der Waals surface area contributed by atoms with Crippen LogP contribution in [0.5, 0.6) is 0 Å². The lowest BCUT2D eigenvalue weighted by Crippen LogP contribution is -2.21. The highest BCUT2D eigenvalue weighted by atomic mass is 79.9. The van der Waals surface area contributed by atoms with E-state index in [1.165, 1.54) is 21.1 Å². The van der Waals surface area contributed by atoms with E-state index >= 15 is 0 Å². The van der Waals surface area contributed by atoms with Gasteiger partial charge < -0.3 is 9.80 Å². The minimum absolute atomic E-state index is 0.110. The summed E-state index contributed by atoms with van der Waals surface area (Å²) in [6, 6.07) is 3.74. The number of amides is 2. The van der Waals surface area contributed by atoms with E-state index in [-0.39, 0.29) is 11.8 Å². The fourth-order valence-electron chi connectivity index (χ4n) is 1.91. The van der Waals surface area contributed by atoms with Crippen LogP contribution in [0, 0.1) is 0 Å². The van der Waals surface area contributed by atoms with Crippen molar-refractivity contribution in [2.45, 2.75) is 0 Å². The SMILES string of the molecule is CN(C)C(=O)c1sc(C(=O)N(C)C)c2c(Br)ccc(Br)c12. The quantitative estimate of drug-likeness (QED) is 0.721. The van der Waals surface area contributed by atoms with Gasteiger partial charge in [-0.15, -0.1) is 11.3 Å². The molecule has 1 aromatic heterocycles. The predicted octanol–water partition coefficient (Wildman–Crippen LogP) is 3.83. The van der Waals surface area contributed by atoms with Gasteiger partial charge in [0, 0.05) is 47.9 Å². The van der Waals surface area contributed by atoms with Crippen LogP contribution in [0.1, 0.15) is 19.3 Å². The lowest BCUT2D eigenvalue weighted by Gasteiger charge is -2.09. The highest BCUT2D eigenvalue weighted by molar-refractivity contribution is 9.11. The Morgan fingerprint density at radius 2 is 1.19 bits per heavy atom. The summed E-state index contributed by atoms with van der Waals surface area (Å²) in [6.45, 7) is 0. The second-order valence-electron chi connectivity index (χ2n) is 4.94. The number of fused-ring (bicyclic) bond motifs is 1. The molecule has 21 heavy (non-hydrogen) atoms. The third-order valence-electron chi connectivity index (χ3n) is 2.96. The zero-order valence-electron chi connectivity index (χ0n) is 12.0. The zero-order chi connectivity index (χ0) is 15.9. The van der Waals surface area contributed by atoms with Crippen molar-refractivity contribution in [1.29, 1.82) is 0 Å². The molecule has 0 aliphatic heterocycles. The van der Waals surface area contributed by atoms with Crippen molar-refractivity contribution in [1.82, 2.24) is 9.80 Å². The third-order valence-corrected chi connectivity index (χ3v) is 5.45. The molecule has 0 aliphatic rings. The Bertz CT molecular complexity index is 678. The van der Waals surface area contributed by atoms with Gasteiger partial charge in [-0.3, -0.25) is 9.59 Å². The lowest BCUT2D eigenvalue weighted by atomic mass is 10.1. The van der Waals surface area contributed by atoms with E-state index in [9.17, 15) is 9.59 Å². The number of hydrogen-bond donors (Lipinski definition) is 0. The van der Waals surface area contributed by atoms with Crippen LogP contribution in [-0.2, 0) is 0 Å². The average Bonchev–Trinajstić information content (AvgIpc) is 2.82. The molecule has 7 heteroatoms. The van der Waals surface area contributed by atoms with Crippen molar-refractivity contribution in [3.05, 3.63) is 30.8 Å². The van der Waals surface area contributed by atoms with Gasteiger partial charge in [0.2, 0.25) is 0 Å². The first-order valence-corrected chi connectivity index (χ1v) is 8.49. The molecule has 2 aromatic rings. The summed E-state index contributed by atoms with van der Waals surface area (Å²) in [5, 5.41) is 1.55. The molecule has 0 saturated carbocycles. The van der Waals surface area contributed by atoms with Gasteiger partial charge in [0.25, 0.3) is 11.8 Å². The van der Waals surface area contributed by atoms with Crippen LogP contribution in [0.3, 0.4) is 0 Å². The van der Waals surface area contributed by atoms with Crippen molar-refractivity contribution in [2.24, 2.45) is 0 Å². The fourth-order valence-corrected chi connectivity index (χ4v) is 4.60. The van der Waals surface area contributed by atoms with Crippen LogP contribution in [0.2, 0.25) is 0 Å². The Balaban J connectivity index is 2.86. The Morgan fingerprint density at radius 3 is 1.48 bits per heavy atom. The first-order chi connectivity index (χ1) is 9.75. The summed E-state index contributed by atoms with van der Waals surface area (Å²) in [5.41, 5.74) is 0. The molecule has 0 bridgehead atoms. The van der Waals surface area contributed by atoms with E-state index in [2.05, 4.69) is 31.9 Å². The molecular weight excluding hydrogens is 420 g/mol. The molecule has 0 radical (unpaired) electrons. The summed E-state index contributed by atoms with van der Waals surface area (Å²) in [5.74, 6) is -0.219. The summed E-state index contributed by atoms with van der Waals surface area (Å²) in [4.78, 5) is 29.0. The number of rotatable bonds is 2. The van der Waals surface area contributed by atoms with Crippen molar-refractivity contribution in [3.8, 4) is 0 Å². The molecule has 2 amide bonds. The molecule has 0 saturated heterocycles. The van der Waals surface area contributed by atoms with Crippen molar-refractivity contribution >= 4 is 65.8 Å². The molecule has 0 spiro atoms. The Kier molecular flexibility index (Phi) is 4.75. The van der Waals surface area contributed by atoms with Crippen molar-refractivity contribution < 1.29 is 9.59 Å². The second kappa shape index (κ2) is 6.06. The van der Waals surface area contributed by atoms with Crippen LogP contribution in [0.25, 0.3) is 10.8 Å². The lowest BCUT2D eigenvalue weighted by molar-refractivity contribution is 0.0829. The number of carbonyl (C=O) groups is 2. The second-order valence-corrected chi connectivity index (χ2v) is 7.67. The predicted molar refractivity (Wildman–Crippen MR) is 93.3 cm³/mol. The summed E-state index contributed by atoms with van der Waals surface area (Å²) < 4.78 is 1.61. The molecule has 0 aliphatic carbocycles. The number of halogens is 2. The van der Waals surface area contributed by atoms with Gasteiger partial charge in [-0.2, -0.15) is 0 Å². The largest absolute Gasteiger partial charge is 0.344 e. The number of benzene rings is 1. The highest BCUT2D eigenvalue weighted by Crippen LogP contribution is 2.41. The fraction of sp³-hybridized carbons (Fsp3) is 0.286. The standard InChI is InChI=1S/C14H14Br2N2O2S/c1-17(2)13(19)11-9-7(15)5-6-8(16)10(9)12(21-11)14(20)18(3)4/h5-6H,1-4H3. The van der Waals surface area contributed by atoms with Crippen LogP contribution in [-0.4, -0.2) is 49.8 Å². The van der Waals surface area contributed by atoms with Gasteiger partial charge in [-0.25, -0.2) is 0 Å². The molecule has 0 unspecified atom stereocenters. The minimum atomic E-state index is -0.110. The Labute approximate surface area is 144 Å². The molecule has 1 heterocycles. The average molecular weight is 434 g/mol. The van der Waals surface area contributed by atoms with Crippen LogP contribution >= 0.6 is 43.2 Å². The summed E-state index contributed by atoms with van der Waals surface area (Å²) >= 11 is 8.21. The number of hydrogen-bond acceptors (Lipinski definition) is 3. The molecule has 0 fully saturated rings. The van der Waals surface area contributed by atoms with Gasteiger partial charge >= 0.3 is 0 Å². The maximum absolute atomic E-state index is 12.4. The summed E-state index contributed by atoms with van der Waals surface area (Å²) in [6.07, 6.45) is 0. The van der Waals surface area contributed by atoms with Gasteiger partial charge in [0.1, 0.15) is 9.75 Å². The van der Waals surface area contributed by atoms with E-state index in [0.29, 0.717) is 9.75 Å². The van der Waals surface area contributed by atoms with E-state index in [1.807, 2.05) is 12.1 Å². The van der Waals surface area contributed by atoms with Gasteiger partial charge in [0.05, 0.1) is 0 Å². The van der Waals surface area contributed by atoms with E-state index in [0.717, 1.165) is 19.7 Å². The zero-order valence-corrected chi connectivity index (χ0v) is 16.0. The number of carbonyl (C=O) groups excluding carboxylic acids is 2. The van der Waals surface area contributed by atoms with Gasteiger partial charge in [-0.05, 0) is 12.1 Å². The van der Waals surface area contributed by atoms with Crippen LogP contribution < -0.4 is 0 Å². The van der Waals surface area contributed by atoms with E-state index in [1.54, 1.807) is 28.2 Å². The molecule has 4 nitrogen and oxygen atoms in total. The Morgan fingerprint density at radius 1 is 0.857 bits per heavy atom. The highest BCUT2D eigenvalue weighted by Gasteiger charge is 2.26. The first kappa shape index (κ1) is 16.5. The van der Waals surface area contributed by atoms with Gasteiger partial charge in [-0.1, -0.05) is 31.9 Å².